The molecule has 7 nitrogen and oxygen atoms in total. The van der Waals surface area contributed by atoms with Crippen LogP contribution in [-0.4, -0.2) is 49.3 Å². The molecule has 2 amide bonds. The summed E-state index contributed by atoms with van der Waals surface area (Å²) in [6, 6.07) is 19.6. The molecule has 202 valence electrons. The Kier molecular flexibility index (Phi) is 7.98. The lowest BCUT2D eigenvalue weighted by Crippen LogP contribution is -2.28. The zero-order chi connectivity index (χ0) is 27.4. The molecule has 5 rings (SSSR count). The van der Waals surface area contributed by atoms with Crippen molar-refractivity contribution in [2.24, 2.45) is 7.05 Å². The summed E-state index contributed by atoms with van der Waals surface area (Å²) in [6.45, 7) is 6.42. The van der Waals surface area contributed by atoms with E-state index in [1.165, 1.54) is 27.7 Å². The van der Waals surface area contributed by atoms with E-state index in [2.05, 4.69) is 54.3 Å². The van der Waals surface area contributed by atoms with Gasteiger partial charge in [0.15, 0.2) is 0 Å². The highest BCUT2D eigenvalue weighted by atomic mass is 16.5. The molecule has 2 N–H and O–H groups in total. The molecular formula is C32H35N3O4. The Morgan fingerprint density at radius 2 is 1.90 bits per heavy atom. The number of carbonyl (C=O) groups excluding carboxylic acids is 2. The third-order valence-corrected chi connectivity index (χ3v) is 7.36. The Labute approximate surface area is 229 Å². The molecule has 2 bridgehead atoms. The van der Waals surface area contributed by atoms with Crippen LogP contribution in [0.3, 0.4) is 0 Å². The second kappa shape index (κ2) is 11.7. The minimum atomic E-state index is -0.126. The van der Waals surface area contributed by atoms with Crippen molar-refractivity contribution < 1.29 is 19.1 Å². The monoisotopic (exact) mass is 525 g/mol. The first-order valence-corrected chi connectivity index (χ1v) is 13.4. The first-order chi connectivity index (χ1) is 18.9. The van der Waals surface area contributed by atoms with Gasteiger partial charge in [-0.25, -0.2) is 0 Å². The molecule has 0 unspecified atom stereocenters. The van der Waals surface area contributed by atoms with Crippen LogP contribution in [0.5, 0.6) is 5.75 Å². The van der Waals surface area contributed by atoms with Crippen LogP contribution < -0.4 is 15.4 Å². The maximum Gasteiger partial charge on any atom is 0.251 e. The van der Waals surface area contributed by atoms with Gasteiger partial charge in [-0.15, -0.1) is 0 Å². The number of hydrogen-bond acceptors (Lipinski definition) is 4. The van der Waals surface area contributed by atoms with Crippen molar-refractivity contribution in [3.05, 3.63) is 99.7 Å². The van der Waals surface area contributed by atoms with Gasteiger partial charge in [-0.3, -0.25) is 9.59 Å². The number of rotatable bonds is 4. The van der Waals surface area contributed by atoms with Crippen LogP contribution in [0, 0.1) is 13.8 Å². The number of nitrogens with one attached hydrogen (secondary N) is 2. The average molecular weight is 526 g/mol. The number of amides is 2. The quantitative estimate of drug-likeness (QED) is 0.411. The maximum atomic E-state index is 13.2. The number of aryl methyl sites for hydroxylation is 2. The molecule has 1 aliphatic rings. The van der Waals surface area contributed by atoms with E-state index in [1.807, 2.05) is 30.3 Å². The van der Waals surface area contributed by atoms with Crippen molar-refractivity contribution in [2.75, 3.05) is 32.9 Å². The fraction of sp³-hybridized carbons (Fsp3) is 0.312. The summed E-state index contributed by atoms with van der Waals surface area (Å²) >= 11 is 0. The predicted molar refractivity (Wildman–Crippen MR) is 153 cm³/mol. The first-order valence-electron chi connectivity index (χ1n) is 13.4. The van der Waals surface area contributed by atoms with Crippen LogP contribution in [0.15, 0.2) is 60.7 Å². The molecule has 3 aromatic carbocycles. The van der Waals surface area contributed by atoms with Crippen molar-refractivity contribution in [1.29, 1.82) is 0 Å². The van der Waals surface area contributed by atoms with Crippen molar-refractivity contribution in [3.8, 4) is 5.75 Å². The Bertz CT molecular complexity index is 1520. The highest BCUT2D eigenvalue weighted by Gasteiger charge is 2.15. The van der Waals surface area contributed by atoms with Gasteiger partial charge in [0.1, 0.15) is 12.4 Å². The fourth-order valence-corrected chi connectivity index (χ4v) is 5.16. The molecular weight excluding hydrogens is 490 g/mol. The zero-order valence-corrected chi connectivity index (χ0v) is 22.8. The normalized spacial score (nSPS) is 14.2. The smallest absolute Gasteiger partial charge is 0.251 e. The van der Waals surface area contributed by atoms with Gasteiger partial charge in [-0.2, -0.15) is 0 Å². The molecule has 0 aliphatic carbocycles. The molecule has 2 heterocycles. The van der Waals surface area contributed by atoms with Crippen molar-refractivity contribution in [2.45, 2.75) is 26.7 Å². The lowest BCUT2D eigenvalue weighted by atomic mass is 9.99. The summed E-state index contributed by atoms with van der Waals surface area (Å²) in [5.41, 5.74) is 7.96. The van der Waals surface area contributed by atoms with Gasteiger partial charge in [-0.1, -0.05) is 24.3 Å². The second-order valence-electron chi connectivity index (χ2n) is 10.1. The van der Waals surface area contributed by atoms with Crippen LogP contribution in [0.4, 0.5) is 0 Å². The minimum Gasteiger partial charge on any atom is -0.491 e. The van der Waals surface area contributed by atoms with Crippen molar-refractivity contribution >= 4 is 22.7 Å². The van der Waals surface area contributed by atoms with E-state index in [4.69, 9.17) is 9.47 Å². The topological polar surface area (TPSA) is 81.6 Å². The number of ether oxygens (including phenoxy) is 2. The van der Waals surface area contributed by atoms with E-state index >= 15 is 0 Å². The lowest BCUT2D eigenvalue weighted by Gasteiger charge is -2.15. The van der Waals surface area contributed by atoms with Gasteiger partial charge in [0, 0.05) is 54.3 Å². The number of fused-ring (bicyclic) bond motifs is 4. The van der Waals surface area contributed by atoms with E-state index in [0.29, 0.717) is 56.2 Å². The molecule has 1 aromatic heterocycles. The Hall–Kier alpha value is -4.10. The third kappa shape index (κ3) is 5.99. The highest BCUT2D eigenvalue weighted by Crippen LogP contribution is 2.27. The number of carbonyl (C=O) groups is 2. The molecule has 7 heteroatoms. The number of aromatic nitrogens is 1. The first kappa shape index (κ1) is 26.5. The zero-order valence-electron chi connectivity index (χ0n) is 22.8. The van der Waals surface area contributed by atoms with Crippen molar-refractivity contribution in [3.63, 3.8) is 0 Å². The number of nitrogens with zero attached hydrogens (tertiary/aromatic N) is 1. The van der Waals surface area contributed by atoms with E-state index in [0.717, 1.165) is 17.5 Å². The SMILES string of the molecule is Cc1ccc2c(CCNC(=O)c3ccc4c(c3)Cc3cccc(c3)C(=O)NCCOCCO4)c(C)n(C)c2c1. The Morgan fingerprint density at radius 3 is 2.77 bits per heavy atom. The summed E-state index contributed by atoms with van der Waals surface area (Å²) in [6.07, 6.45) is 1.29. The summed E-state index contributed by atoms with van der Waals surface area (Å²) in [7, 11) is 2.09. The molecule has 4 aromatic rings. The fourth-order valence-electron chi connectivity index (χ4n) is 5.16. The van der Waals surface area contributed by atoms with Gasteiger partial charge in [-0.05, 0) is 78.9 Å². The summed E-state index contributed by atoms with van der Waals surface area (Å²) in [4.78, 5) is 25.7. The van der Waals surface area contributed by atoms with Crippen LogP contribution in [0.2, 0.25) is 0 Å². The minimum absolute atomic E-state index is 0.123. The molecule has 1 aliphatic heterocycles. The molecule has 0 saturated heterocycles. The molecule has 0 fully saturated rings. The van der Waals surface area contributed by atoms with E-state index in [9.17, 15) is 9.59 Å². The summed E-state index contributed by atoms with van der Waals surface area (Å²) in [5, 5.41) is 7.21. The molecule has 0 atom stereocenters. The molecule has 0 radical (unpaired) electrons. The van der Waals surface area contributed by atoms with Gasteiger partial charge in [0.05, 0.1) is 13.2 Å². The van der Waals surface area contributed by atoms with Crippen LogP contribution in [0.1, 0.15) is 48.7 Å². The molecule has 0 spiro atoms. The number of hydrogen-bond donors (Lipinski definition) is 2. The van der Waals surface area contributed by atoms with Crippen LogP contribution in [0.25, 0.3) is 10.9 Å². The van der Waals surface area contributed by atoms with Gasteiger partial charge >= 0.3 is 0 Å². The Morgan fingerprint density at radius 1 is 1.03 bits per heavy atom. The van der Waals surface area contributed by atoms with Crippen LogP contribution in [-0.2, 0) is 24.6 Å². The lowest BCUT2D eigenvalue weighted by molar-refractivity contribution is 0.0865. The standard InChI is InChI=1S/C32H35N3O4/c1-21-7-9-28-27(22(2)35(3)29(28)17-21)11-12-33-32(37)25-8-10-30-26(20-25)19-23-5-4-6-24(18-23)31(36)34-13-14-38-15-16-39-30/h4-10,17-18,20H,11-16,19H2,1-3H3,(H,33,37)(H,34,36). The highest BCUT2D eigenvalue weighted by molar-refractivity contribution is 5.95. The maximum absolute atomic E-state index is 13.2. The summed E-state index contributed by atoms with van der Waals surface area (Å²) in [5.74, 6) is 0.463. The van der Waals surface area contributed by atoms with Crippen molar-refractivity contribution in [1.82, 2.24) is 15.2 Å². The largest absolute Gasteiger partial charge is 0.491 e. The van der Waals surface area contributed by atoms with E-state index < -0.39 is 0 Å². The number of benzene rings is 3. The van der Waals surface area contributed by atoms with E-state index in [1.54, 1.807) is 12.1 Å². The molecule has 39 heavy (non-hydrogen) atoms. The molecule has 0 saturated carbocycles. The van der Waals surface area contributed by atoms with Gasteiger partial charge in [0.25, 0.3) is 11.8 Å². The van der Waals surface area contributed by atoms with Gasteiger partial charge < -0.3 is 24.7 Å². The second-order valence-corrected chi connectivity index (χ2v) is 10.1. The Balaban J connectivity index is 1.33. The van der Waals surface area contributed by atoms with Crippen LogP contribution >= 0.6 is 0 Å². The summed E-state index contributed by atoms with van der Waals surface area (Å²) < 4.78 is 13.8. The average Bonchev–Trinajstić information content (AvgIpc) is 3.16. The third-order valence-electron chi connectivity index (χ3n) is 7.36. The van der Waals surface area contributed by atoms with Gasteiger partial charge in [0.2, 0.25) is 0 Å². The van der Waals surface area contributed by atoms with E-state index in [-0.39, 0.29) is 11.8 Å². The predicted octanol–water partition coefficient (Wildman–Crippen LogP) is 4.50.